The molecule has 2 rings (SSSR count). The van der Waals surface area contributed by atoms with Crippen LogP contribution in [0.1, 0.15) is 11.1 Å². The lowest BCUT2D eigenvalue weighted by atomic mass is 10.2. The molecule has 90 valence electrons. The fourth-order valence-corrected chi connectivity index (χ4v) is 3.62. The third-order valence-electron chi connectivity index (χ3n) is 2.13. The smallest absolute Gasteiger partial charge is 0.175 e. The Hall–Kier alpha value is -0.560. The molecule has 0 radical (unpaired) electrons. The monoisotopic (exact) mass is 284 g/mol. The van der Waals surface area contributed by atoms with Crippen LogP contribution < -0.4 is 0 Å². The van der Waals surface area contributed by atoms with E-state index in [1.807, 2.05) is 30.5 Å². The van der Waals surface area contributed by atoms with Crippen molar-refractivity contribution in [2.75, 3.05) is 6.26 Å². The first kappa shape index (κ1) is 12.9. The Morgan fingerprint density at radius 2 is 1.76 bits per heavy atom. The molecule has 1 aromatic carbocycles. The van der Waals surface area contributed by atoms with E-state index in [2.05, 4.69) is 10.2 Å². The molecular weight excluding hydrogens is 272 g/mol. The number of thioether (sulfide) groups is 2. The van der Waals surface area contributed by atoms with Crippen molar-refractivity contribution < 1.29 is 5.11 Å². The number of aliphatic hydroxyl groups excluding tert-OH is 1. The van der Waals surface area contributed by atoms with E-state index >= 15 is 0 Å². The van der Waals surface area contributed by atoms with Crippen LogP contribution in [-0.4, -0.2) is 21.6 Å². The first-order valence-corrected chi connectivity index (χ1v) is 8.03. The molecule has 0 amide bonds. The summed E-state index contributed by atoms with van der Waals surface area (Å²) < 4.78 is 2.00. The summed E-state index contributed by atoms with van der Waals surface area (Å²) in [5, 5.41) is 17.1. The Balaban J connectivity index is 1.92. The highest BCUT2D eigenvalue weighted by atomic mass is 32.2. The lowest BCUT2D eigenvalue weighted by molar-refractivity contribution is 0.282. The number of aromatic nitrogens is 2. The molecule has 2 aromatic rings. The van der Waals surface area contributed by atoms with Gasteiger partial charge in [-0.2, -0.15) is 0 Å². The molecule has 0 bridgehead atoms. The van der Waals surface area contributed by atoms with Gasteiger partial charge in [-0.25, -0.2) is 0 Å². The summed E-state index contributed by atoms with van der Waals surface area (Å²) in [6, 6.07) is 7.97. The van der Waals surface area contributed by atoms with Crippen molar-refractivity contribution in [3.8, 4) is 0 Å². The van der Waals surface area contributed by atoms with Gasteiger partial charge in [0.05, 0.1) is 6.61 Å². The van der Waals surface area contributed by atoms with Crippen LogP contribution in [0.4, 0.5) is 0 Å². The molecule has 0 fully saturated rings. The largest absolute Gasteiger partial charge is 0.392 e. The third-order valence-corrected chi connectivity index (χ3v) is 5.23. The lowest BCUT2D eigenvalue weighted by Crippen LogP contribution is -1.84. The van der Waals surface area contributed by atoms with Crippen molar-refractivity contribution in [3.63, 3.8) is 0 Å². The highest BCUT2D eigenvalue weighted by Crippen LogP contribution is 2.29. The minimum Gasteiger partial charge on any atom is -0.392 e. The molecule has 0 aliphatic heterocycles. The second kappa shape index (κ2) is 6.39. The summed E-state index contributed by atoms with van der Waals surface area (Å²) in [5.74, 6) is 0.884. The van der Waals surface area contributed by atoms with Gasteiger partial charge in [0, 0.05) is 5.75 Å². The zero-order valence-corrected chi connectivity index (χ0v) is 11.7. The second-order valence-corrected chi connectivity index (χ2v) is 6.55. The Labute approximate surface area is 113 Å². The fourth-order valence-electron chi connectivity index (χ4n) is 1.22. The molecule has 0 unspecified atom stereocenters. The summed E-state index contributed by atoms with van der Waals surface area (Å²) in [6.45, 7) is 0.0981. The summed E-state index contributed by atoms with van der Waals surface area (Å²) in [7, 11) is 0. The Morgan fingerprint density at radius 3 is 2.35 bits per heavy atom. The van der Waals surface area contributed by atoms with Crippen molar-refractivity contribution in [2.24, 2.45) is 0 Å². The van der Waals surface area contributed by atoms with E-state index < -0.39 is 0 Å². The molecule has 0 aliphatic rings. The number of aliphatic hydroxyl groups is 1. The van der Waals surface area contributed by atoms with Crippen molar-refractivity contribution in [3.05, 3.63) is 35.4 Å². The summed E-state index contributed by atoms with van der Waals surface area (Å²) >= 11 is 4.94. The predicted octanol–water partition coefficient (Wildman–Crippen LogP) is 3.04. The van der Waals surface area contributed by atoms with Crippen molar-refractivity contribution in [2.45, 2.75) is 21.0 Å². The molecule has 1 N–H and O–H groups in total. The van der Waals surface area contributed by atoms with Crippen molar-refractivity contribution >= 4 is 34.9 Å². The SMILES string of the molecule is CSc1nnc(SCc2ccc(CO)cc2)s1. The zero-order valence-electron chi connectivity index (χ0n) is 9.29. The van der Waals surface area contributed by atoms with Crippen LogP contribution in [0.15, 0.2) is 32.9 Å². The summed E-state index contributed by atoms with van der Waals surface area (Å²) in [4.78, 5) is 0. The van der Waals surface area contributed by atoms with Gasteiger partial charge in [-0.1, -0.05) is 59.1 Å². The quantitative estimate of drug-likeness (QED) is 0.855. The maximum Gasteiger partial charge on any atom is 0.175 e. The van der Waals surface area contributed by atoms with Crippen LogP contribution >= 0.6 is 34.9 Å². The van der Waals surface area contributed by atoms with Crippen LogP contribution in [0.5, 0.6) is 0 Å². The number of benzene rings is 1. The van der Waals surface area contributed by atoms with Crippen LogP contribution in [0.2, 0.25) is 0 Å². The van der Waals surface area contributed by atoms with E-state index in [0.717, 1.165) is 20.0 Å². The molecular formula is C11H12N2OS3. The van der Waals surface area contributed by atoms with Gasteiger partial charge in [0.2, 0.25) is 0 Å². The molecule has 17 heavy (non-hydrogen) atoms. The second-order valence-electron chi connectivity index (χ2n) is 3.30. The maximum absolute atomic E-state index is 8.94. The lowest BCUT2D eigenvalue weighted by Gasteiger charge is -2.00. The Kier molecular flexibility index (Phi) is 4.85. The van der Waals surface area contributed by atoms with Crippen LogP contribution in [0, 0.1) is 0 Å². The van der Waals surface area contributed by atoms with E-state index in [0.29, 0.717) is 0 Å². The molecule has 0 saturated carbocycles. The van der Waals surface area contributed by atoms with E-state index in [1.54, 1.807) is 34.9 Å². The normalized spacial score (nSPS) is 10.7. The Bertz CT molecular complexity index is 470. The zero-order chi connectivity index (χ0) is 12.1. The van der Waals surface area contributed by atoms with Gasteiger partial charge in [0.15, 0.2) is 8.68 Å². The molecule has 1 heterocycles. The van der Waals surface area contributed by atoms with Gasteiger partial charge >= 0.3 is 0 Å². The van der Waals surface area contributed by atoms with Gasteiger partial charge in [0.1, 0.15) is 0 Å². The Morgan fingerprint density at radius 1 is 1.12 bits per heavy atom. The van der Waals surface area contributed by atoms with Crippen LogP contribution in [0.3, 0.4) is 0 Å². The van der Waals surface area contributed by atoms with Gasteiger partial charge in [-0.05, 0) is 17.4 Å². The van der Waals surface area contributed by atoms with E-state index in [4.69, 9.17) is 5.11 Å². The van der Waals surface area contributed by atoms with Crippen molar-refractivity contribution in [1.29, 1.82) is 0 Å². The molecule has 0 saturated heterocycles. The predicted molar refractivity (Wildman–Crippen MR) is 73.6 cm³/mol. The first-order valence-electron chi connectivity index (χ1n) is 5.01. The number of nitrogens with zero attached hydrogens (tertiary/aromatic N) is 2. The fraction of sp³-hybridized carbons (Fsp3) is 0.273. The molecule has 1 aromatic heterocycles. The van der Waals surface area contributed by atoms with Crippen molar-refractivity contribution in [1.82, 2.24) is 10.2 Å². The van der Waals surface area contributed by atoms with Gasteiger partial charge in [0.25, 0.3) is 0 Å². The summed E-state index contributed by atoms with van der Waals surface area (Å²) in [6.07, 6.45) is 2.00. The van der Waals surface area contributed by atoms with Gasteiger partial charge < -0.3 is 5.11 Å². The molecule has 3 nitrogen and oxygen atoms in total. The topological polar surface area (TPSA) is 46.0 Å². The maximum atomic E-state index is 8.94. The highest BCUT2D eigenvalue weighted by molar-refractivity contribution is 8.02. The molecule has 0 spiro atoms. The van der Waals surface area contributed by atoms with Gasteiger partial charge in [-0.3, -0.25) is 0 Å². The minimum atomic E-state index is 0.0981. The first-order chi connectivity index (χ1) is 8.31. The van der Waals surface area contributed by atoms with E-state index in [-0.39, 0.29) is 6.61 Å². The number of hydrogen-bond donors (Lipinski definition) is 1. The minimum absolute atomic E-state index is 0.0981. The van der Waals surface area contributed by atoms with E-state index in [9.17, 15) is 0 Å². The third kappa shape index (κ3) is 3.70. The summed E-state index contributed by atoms with van der Waals surface area (Å²) in [5.41, 5.74) is 2.17. The molecule has 0 aliphatic carbocycles. The molecule has 6 heteroatoms. The van der Waals surface area contributed by atoms with Crippen LogP contribution in [0.25, 0.3) is 0 Å². The standard InChI is InChI=1S/C11H12N2OS3/c1-15-10-12-13-11(17-10)16-7-9-4-2-8(6-14)3-5-9/h2-5,14H,6-7H2,1H3. The average Bonchev–Trinajstić information content (AvgIpc) is 2.85. The van der Waals surface area contributed by atoms with E-state index in [1.165, 1.54) is 5.56 Å². The average molecular weight is 284 g/mol. The molecule has 0 atom stereocenters. The number of hydrogen-bond acceptors (Lipinski definition) is 6. The highest BCUT2D eigenvalue weighted by Gasteiger charge is 2.04. The van der Waals surface area contributed by atoms with Gasteiger partial charge in [-0.15, -0.1) is 10.2 Å². The number of rotatable bonds is 5. The van der Waals surface area contributed by atoms with Crippen LogP contribution in [-0.2, 0) is 12.4 Å².